The van der Waals surface area contributed by atoms with Gasteiger partial charge in [-0.2, -0.15) is 0 Å². The highest BCUT2D eigenvalue weighted by Gasteiger charge is 2.43. The summed E-state index contributed by atoms with van der Waals surface area (Å²) in [5, 5.41) is 4.28. The van der Waals surface area contributed by atoms with Crippen LogP contribution in [0.5, 0.6) is 0 Å². The highest BCUT2D eigenvalue weighted by atomic mass is 127. The Hall–Kier alpha value is -1.93. The van der Waals surface area contributed by atoms with Crippen molar-refractivity contribution in [2.75, 3.05) is 4.90 Å². The number of rotatable bonds is 3. The van der Waals surface area contributed by atoms with Gasteiger partial charge in [-0.05, 0) is 97.9 Å². The molecule has 6 heteroatoms. The number of hydrogen-bond donors (Lipinski definition) is 2. The fourth-order valence-electron chi connectivity index (χ4n) is 4.14. The van der Waals surface area contributed by atoms with Crippen LogP contribution in [0.4, 0.5) is 5.69 Å². The van der Waals surface area contributed by atoms with Crippen LogP contribution in [0.15, 0.2) is 42.6 Å². The molecule has 0 amide bonds. The summed E-state index contributed by atoms with van der Waals surface area (Å²) < 4.78 is 1.25. The van der Waals surface area contributed by atoms with Gasteiger partial charge in [0.2, 0.25) is 0 Å². The number of pyridine rings is 1. The van der Waals surface area contributed by atoms with Gasteiger partial charge in [-0.25, -0.2) is 0 Å². The molecule has 144 valence electrons. The first kappa shape index (κ1) is 19.4. The highest BCUT2D eigenvalue weighted by Crippen LogP contribution is 2.44. The largest absolute Gasteiger partial charge is 0.362 e. The van der Waals surface area contributed by atoms with E-state index in [0.29, 0.717) is 0 Å². The molecule has 0 saturated carbocycles. The molecule has 3 aromatic rings. The molecule has 2 atom stereocenters. The third-order valence-corrected chi connectivity index (χ3v) is 6.93. The number of halogens is 1. The molecule has 0 unspecified atom stereocenters. The molecule has 1 aliphatic heterocycles. The van der Waals surface area contributed by atoms with Crippen molar-refractivity contribution in [1.29, 1.82) is 0 Å². The first-order chi connectivity index (χ1) is 13.4. The summed E-state index contributed by atoms with van der Waals surface area (Å²) in [5.74, 6) is 0. The van der Waals surface area contributed by atoms with E-state index in [-0.39, 0.29) is 12.1 Å². The fourth-order valence-corrected chi connectivity index (χ4v) is 5.34. The Morgan fingerprint density at radius 1 is 1.04 bits per heavy atom. The van der Waals surface area contributed by atoms with Crippen molar-refractivity contribution in [2.45, 2.75) is 39.8 Å². The van der Waals surface area contributed by atoms with Crippen LogP contribution < -0.4 is 10.2 Å². The molecule has 3 heterocycles. The van der Waals surface area contributed by atoms with Gasteiger partial charge in [-0.3, -0.25) is 4.98 Å². The number of benzene rings is 1. The average molecular weight is 502 g/mol. The normalized spacial score (nSPS) is 19.2. The number of H-pyrrole nitrogens is 1. The Morgan fingerprint density at radius 2 is 1.75 bits per heavy atom. The lowest BCUT2D eigenvalue weighted by Gasteiger charge is -2.29. The van der Waals surface area contributed by atoms with E-state index in [0.717, 1.165) is 16.5 Å². The molecular formula is C22H23IN4S. The van der Waals surface area contributed by atoms with Crippen LogP contribution in [0.3, 0.4) is 0 Å². The average Bonchev–Trinajstić information content (AvgIpc) is 3.10. The Kier molecular flexibility index (Phi) is 5.18. The lowest BCUT2D eigenvalue weighted by molar-refractivity contribution is 0.564. The van der Waals surface area contributed by atoms with Crippen LogP contribution in [0.25, 0.3) is 0 Å². The first-order valence-electron chi connectivity index (χ1n) is 9.30. The predicted octanol–water partition coefficient (Wildman–Crippen LogP) is 5.43. The van der Waals surface area contributed by atoms with Crippen LogP contribution in [0.1, 0.15) is 45.9 Å². The van der Waals surface area contributed by atoms with Gasteiger partial charge in [-0.15, -0.1) is 0 Å². The Morgan fingerprint density at radius 3 is 2.32 bits per heavy atom. The first-order valence-corrected chi connectivity index (χ1v) is 10.8. The van der Waals surface area contributed by atoms with Crippen molar-refractivity contribution >= 4 is 45.6 Å². The van der Waals surface area contributed by atoms with Crippen LogP contribution in [-0.4, -0.2) is 15.1 Å². The molecular weight excluding hydrogens is 479 g/mol. The summed E-state index contributed by atoms with van der Waals surface area (Å²) in [6.45, 7) is 8.52. The maximum Gasteiger partial charge on any atom is 0.174 e. The molecule has 2 N–H and O–H groups in total. The van der Waals surface area contributed by atoms with Gasteiger partial charge < -0.3 is 15.2 Å². The van der Waals surface area contributed by atoms with E-state index in [1.54, 1.807) is 0 Å². The Balaban J connectivity index is 1.92. The Bertz CT molecular complexity index is 1020. The van der Waals surface area contributed by atoms with Gasteiger partial charge >= 0.3 is 0 Å². The number of nitrogens with one attached hydrogen (secondary N) is 2. The highest BCUT2D eigenvalue weighted by molar-refractivity contribution is 14.1. The molecule has 4 rings (SSSR count). The number of anilines is 1. The SMILES string of the molecule is Cc1cc(C)cc(N2C(=S)N[C@H](c3ccccn3)[C@@H]2c2c(C)[nH]c(C)c2I)c1. The number of aryl methyl sites for hydroxylation is 4. The van der Waals surface area contributed by atoms with Crippen molar-refractivity contribution in [2.24, 2.45) is 0 Å². The predicted molar refractivity (Wildman–Crippen MR) is 127 cm³/mol. The van der Waals surface area contributed by atoms with Crippen LogP contribution in [0, 0.1) is 31.3 Å². The zero-order valence-corrected chi connectivity index (χ0v) is 19.4. The number of aromatic amines is 1. The van der Waals surface area contributed by atoms with E-state index in [2.05, 4.69) is 94.7 Å². The minimum absolute atomic E-state index is 0.0167. The van der Waals surface area contributed by atoms with Crippen molar-refractivity contribution in [3.8, 4) is 0 Å². The molecule has 1 fully saturated rings. The van der Waals surface area contributed by atoms with E-state index in [1.165, 1.54) is 31.6 Å². The summed E-state index contributed by atoms with van der Waals surface area (Å²) >= 11 is 8.28. The van der Waals surface area contributed by atoms with E-state index in [9.17, 15) is 0 Å². The van der Waals surface area contributed by atoms with E-state index in [4.69, 9.17) is 12.2 Å². The van der Waals surface area contributed by atoms with Gasteiger partial charge in [0, 0.05) is 32.4 Å². The maximum absolute atomic E-state index is 5.83. The molecule has 1 saturated heterocycles. The molecule has 1 aromatic carbocycles. The number of nitrogens with zero attached hydrogens (tertiary/aromatic N) is 2. The minimum Gasteiger partial charge on any atom is -0.362 e. The molecule has 4 nitrogen and oxygen atoms in total. The second kappa shape index (κ2) is 7.48. The number of thiocarbonyl (C=S) groups is 1. The fraction of sp³-hybridized carbons (Fsp3) is 0.273. The summed E-state index contributed by atoms with van der Waals surface area (Å²) in [6.07, 6.45) is 1.84. The van der Waals surface area contributed by atoms with Crippen molar-refractivity contribution in [3.63, 3.8) is 0 Å². The van der Waals surface area contributed by atoms with Crippen LogP contribution in [-0.2, 0) is 0 Å². The van der Waals surface area contributed by atoms with Gasteiger partial charge in [-0.1, -0.05) is 12.1 Å². The molecule has 0 bridgehead atoms. The summed E-state index contributed by atoms with van der Waals surface area (Å²) in [7, 11) is 0. The third-order valence-electron chi connectivity index (χ3n) is 5.22. The van der Waals surface area contributed by atoms with E-state index in [1.807, 2.05) is 18.3 Å². The van der Waals surface area contributed by atoms with Gasteiger partial charge in [0.1, 0.15) is 0 Å². The molecule has 0 aliphatic carbocycles. The monoisotopic (exact) mass is 502 g/mol. The number of aromatic nitrogens is 2. The zero-order valence-electron chi connectivity index (χ0n) is 16.4. The standard InChI is InChI=1S/C22H23IN4S/c1-12-9-13(2)11-16(10-12)27-21(18-14(3)25-15(4)19(18)23)20(26-22(27)28)17-7-5-6-8-24-17/h5-11,20-21,25H,1-4H3,(H,26,28)/t20-,21+/m1/s1. The molecule has 1 aliphatic rings. The topological polar surface area (TPSA) is 44.0 Å². The Labute approximate surface area is 184 Å². The van der Waals surface area contributed by atoms with E-state index < -0.39 is 0 Å². The summed E-state index contributed by atoms with van der Waals surface area (Å²) in [6, 6.07) is 12.7. The molecule has 28 heavy (non-hydrogen) atoms. The van der Waals surface area contributed by atoms with Gasteiger partial charge in [0.05, 0.1) is 17.8 Å². The lowest BCUT2D eigenvalue weighted by Crippen LogP contribution is -2.30. The molecule has 0 radical (unpaired) electrons. The smallest absolute Gasteiger partial charge is 0.174 e. The zero-order chi connectivity index (χ0) is 20.0. The van der Waals surface area contributed by atoms with Gasteiger partial charge in [0.15, 0.2) is 5.11 Å². The quantitative estimate of drug-likeness (QED) is 0.371. The summed E-state index contributed by atoms with van der Waals surface area (Å²) in [4.78, 5) is 10.4. The summed E-state index contributed by atoms with van der Waals surface area (Å²) in [5.41, 5.74) is 8.22. The van der Waals surface area contributed by atoms with Crippen molar-refractivity contribution < 1.29 is 0 Å². The molecule has 0 spiro atoms. The maximum atomic E-state index is 5.83. The third kappa shape index (κ3) is 3.33. The van der Waals surface area contributed by atoms with Crippen LogP contribution in [0.2, 0.25) is 0 Å². The second-order valence-corrected chi connectivity index (χ2v) is 8.91. The van der Waals surface area contributed by atoms with Gasteiger partial charge in [0.25, 0.3) is 0 Å². The number of hydrogen-bond acceptors (Lipinski definition) is 2. The molecule has 2 aromatic heterocycles. The van der Waals surface area contributed by atoms with E-state index >= 15 is 0 Å². The minimum atomic E-state index is -0.0167. The van der Waals surface area contributed by atoms with Crippen molar-refractivity contribution in [3.05, 3.63) is 79.9 Å². The van der Waals surface area contributed by atoms with Crippen molar-refractivity contribution in [1.82, 2.24) is 15.3 Å². The second-order valence-electron chi connectivity index (χ2n) is 7.45. The lowest BCUT2D eigenvalue weighted by atomic mass is 9.96. The van der Waals surface area contributed by atoms with Crippen LogP contribution >= 0.6 is 34.8 Å².